The van der Waals surface area contributed by atoms with Gasteiger partial charge in [0.05, 0.1) is 10.6 Å². The number of thioether (sulfide) groups is 1. The molecule has 0 saturated heterocycles. The molecule has 23 heavy (non-hydrogen) atoms. The van der Waals surface area contributed by atoms with Crippen LogP contribution in [0.5, 0.6) is 0 Å². The molecular weight excluding hydrogens is 398 g/mol. The van der Waals surface area contributed by atoms with E-state index in [1.54, 1.807) is 0 Å². The number of thiophene rings is 1. The number of rotatable bonds is 5. The van der Waals surface area contributed by atoms with E-state index in [9.17, 15) is 4.79 Å². The molecule has 1 aromatic carbocycles. The monoisotopic (exact) mass is 409 g/mol. The van der Waals surface area contributed by atoms with Crippen LogP contribution in [0.25, 0.3) is 10.8 Å². The molecule has 2 aromatic heterocycles. The number of amides is 1. The number of benzene rings is 1. The molecule has 0 aliphatic carbocycles. The summed E-state index contributed by atoms with van der Waals surface area (Å²) >= 11 is 6.18. The molecule has 118 valence electrons. The fraction of sp³-hybridized carbons (Fsp3) is 0.133. The van der Waals surface area contributed by atoms with E-state index in [-0.39, 0.29) is 11.7 Å². The quantitative estimate of drug-likeness (QED) is 0.623. The van der Waals surface area contributed by atoms with Gasteiger partial charge >= 0.3 is 0 Å². The maximum atomic E-state index is 12.0. The summed E-state index contributed by atoms with van der Waals surface area (Å²) in [5.74, 6) is 0.570. The summed E-state index contributed by atoms with van der Waals surface area (Å²) in [4.78, 5) is 12.9. The lowest BCUT2D eigenvalue weighted by molar-refractivity contribution is -0.113. The van der Waals surface area contributed by atoms with Crippen molar-refractivity contribution >= 4 is 50.6 Å². The summed E-state index contributed by atoms with van der Waals surface area (Å²) < 4.78 is 6.54. The van der Waals surface area contributed by atoms with Crippen molar-refractivity contribution in [1.82, 2.24) is 10.2 Å². The SMILES string of the molecule is Cc1cc(NC(=O)CSc2nnc(-c3cccs3)o2)ccc1Br. The first-order chi connectivity index (χ1) is 11.1. The molecule has 0 unspecified atom stereocenters. The minimum absolute atomic E-state index is 0.118. The number of anilines is 1. The van der Waals surface area contributed by atoms with E-state index in [1.165, 1.54) is 23.1 Å². The highest BCUT2D eigenvalue weighted by Crippen LogP contribution is 2.26. The van der Waals surface area contributed by atoms with Gasteiger partial charge < -0.3 is 9.73 Å². The van der Waals surface area contributed by atoms with E-state index in [2.05, 4.69) is 31.4 Å². The van der Waals surface area contributed by atoms with Crippen molar-refractivity contribution < 1.29 is 9.21 Å². The van der Waals surface area contributed by atoms with Gasteiger partial charge in [-0.1, -0.05) is 33.8 Å². The average molecular weight is 410 g/mol. The first-order valence-electron chi connectivity index (χ1n) is 6.68. The Labute approximate surface area is 149 Å². The summed E-state index contributed by atoms with van der Waals surface area (Å²) in [5, 5.41) is 13.1. The Bertz CT molecular complexity index is 818. The second-order valence-corrected chi connectivity index (χ2v) is 7.38. The van der Waals surface area contributed by atoms with Gasteiger partial charge in [-0.3, -0.25) is 4.79 Å². The Morgan fingerprint density at radius 3 is 3.00 bits per heavy atom. The predicted octanol–water partition coefficient (Wildman–Crippen LogP) is 4.60. The van der Waals surface area contributed by atoms with Crippen molar-refractivity contribution in [3.05, 3.63) is 45.7 Å². The van der Waals surface area contributed by atoms with Crippen LogP contribution in [0.3, 0.4) is 0 Å². The number of aromatic nitrogens is 2. The van der Waals surface area contributed by atoms with Crippen LogP contribution in [-0.4, -0.2) is 21.9 Å². The fourth-order valence-electron chi connectivity index (χ4n) is 1.81. The zero-order valence-electron chi connectivity index (χ0n) is 12.1. The van der Waals surface area contributed by atoms with Gasteiger partial charge in [-0.25, -0.2) is 0 Å². The molecule has 3 rings (SSSR count). The summed E-state index contributed by atoms with van der Waals surface area (Å²) in [6.45, 7) is 1.97. The van der Waals surface area contributed by atoms with E-state index >= 15 is 0 Å². The molecule has 0 fully saturated rings. The van der Waals surface area contributed by atoms with Gasteiger partial charge in [-0.15, -0.1) is 21.5 Å². The minimum Gasteiger partial charge on any atom is -0.410 e. The highest BCUT2D eigenvalue weighted by molar-refractivity contribution is 9.10. The second-order valence-electron chi connectivity index (χ2n) is 4.65. The third-order valence-corrected chi connectivity index (χ3v) is 5.47. The Morgan fingerprint density at radius 1 is 1.39 bits per heavy atom. The molecule has 3 aromatic rings. The molecule has 8 heteroatoms. The highest BCUT2D eigenvalue weighted by atomic mass is 79.9. The number of nitrogens with one attached hydrogen (secondary N) is 1. The van der Waals surface area contributed by atoms with Gasteiger partial charge in [0.25, 0.3) is 11.1 Å². The van der Waals surface area contributed by atoms with Crippen LogP contribution in [0.15, 0.2) is 49.8 Å². The van der Waals surface area contributed by atoms with Crippen molar-refractivity contribution in [2.75, 3.05) is 11.1 Å². The van der Waals surface area contributed by atoms with Gasteiger partial charge in [-0.2, -0.15) is 0 Å². The first kappa shape index (κ1) is 16.2. The van der Waals surface area contributed by atoms with E-state index in [0.717, 1.165) is 20.6 Å². The molecular formula is C15H12BrN3O2S2. The van der Waals surface area contributed by atoms with Crippen LogP contribution >= 0.6 is 39.0 Å². The average Bonchev–Trinajstić information content (AvgIpc) is 3.19. The number of hydrogen-bond donors (Lipinski definition) is 1. The van der Waals surface area contributed by atoms with Crippen LogP contribution < -0.4 is 5.32 Å². The lowest BCUT2D eigenvalue weighted by Gasteiger charge is -2.06. The smallest absolute Gasteiger partial charge is 0.277 e. The third kappa shape index (κ3) is 4.21. The Kier molecular flexibility index (Phi) is 5.14. The van der Waals surface area contributed by atoms with Crippen LogP contribution in [-0.2, 0) is 4.79 Å². The van der Waals surface area contributed by atoms with E-state index < -0.39 is 0 Å². The summed E-state index contributed by atoms with van der Waals surface area (Å²) in [6, 6.07) is 9.50. The zero-order chi connectivity index (χ0) is 16.2. The number of hydrogen-bond acceptors (Lipinski definition) is 6. The van der Waals surface area contributed by atoms with Crippen LogP contribution in [0.4, 0.5) is 5.69 Å². The normalized spacial score (nSPS) is 10.7. The number of aryl methyl sites for hydroxylation is 1. The van der Waals surface area contributed by atoms with Crippen LogP contribution in [0, 0.1) is 6.92 Å². The second kappa shape index (κ2) is 7.29. The number of carbonyl (C=O) groups is 1. The molecule has 2 heterocycles. The molecule has 0 aliphatic heterocycles. The van der Waals surface area contributed by atoms with E-state index in [4.69, 9.17) is 4.42 Å². The third-order valence-electron chi connectivity index (χ3n) is 2.91. The predicted molar refractivity (Wildman–Crippen MR) is 95.8 cm³/mol. The van der Waals surface area contributed by atoms with Gasteiger partial charge in [-0.05, 0) is 42.1 Å². The molecule has 0 aliphatic rings. The molecule has 1 amide bonds. The van der Waals surface area contributed by atoms with Crippen molar-refractivity contribution in [2.45, 2.75) is 12.1 Å². The van der Waals surface area contributed by atoms with Crippen LogP contribution in [0.1, 0.15) is 5.56 Å². The van der Waals surface area contributed by atoms with Crippen molar-refractivity contribution in [2.24, 2.45) is 0 Å². The van der Waals surface area contributed by atoms with E-state index in [0.29, 0.717) is 11.1 Å². The molecule has 0 radical (unpaired) electrons. The van der Waals surface area contributed by atoms with Gasteiger partial charge in [0.2, 0.25) is 5.91 Å². The molecule has 0 saturated carbocycles. The Morgan fingerprint density at radius 2 is 2.26 bits per heavy atom. The minimum atomic E-state index is -0.118. The standard InChI is InChI=1S/C15H12BrN3O2S2/c1-9-7-10(4-5-11(9)16)17-13(20)8-23-15-19-18-14(21-15)12-3-2-6-22-12/h2-7H,8H2,1H3,(H,17,20). The topological polar surface area (TPSA) is 68.0 Å². The van der Waals surface area contributed by atoms with Gasteiger partial charge in [0, 0.05) is 10.2 Å². The van der Waals surface area contributed by atoms with Crippen LogP contribution in [0.2, 0.25) is 0 Å². The molecule has 0 atom stereocenters. The number of carbonyl (C=O) groups excluding carboxylic acids is 1. The van der Waals surface area contributed by atoms with Crippen molar-refractivity contribution in [3.63, 3.8) is 0 Å². The van der Waals surface area contributed by atoms with Crippen molar-refractivity contribution in [3.8, 4) is 10.8 Å². The Hall–Kier alpha value is -1.64. The Balaban J connectivity index is 1.55. The van der Waals surface area contributed by atoms with Gasteiger partial charge in [0.15, 0.2) is 0 Å². The molecule has 5 nitrogen and oxygen atoms in total. The summed E-state index contributed by atoms with van der Waals surface area (Å²) in [7, 11) is 0. The number of halogens is 1. The maximum Gasteiger partial charge on any atom is 0.277 e. The van der Waals surface area contributed by atoms with Crippen molar-refractivity contribution in [1.29, 1.82) is 0 Å². The largest absolute Gasteiger partial charge is 0.410 e. The fourth-order valence-corrected chi connectivity index (χ4v) is 3.27. The highest BCUT2D eigenvalue weighted by Gasteiger charge is 2.12. The molecule has 0 bridgehead atoms. The first-order valence-corrected chi connectivity index (χ1v) is 9.34. The maximum absolute atomic E-state index is 12.0. The van der Waals surface area contributed by atoms with E-state index in [1.807, 2.05) is 42.6 Å². The lowest BCUT2D eigenvalue weighted by Crippen LogP contribution is -2.14. The van der Waals surface area contributed by atoms with Gasteiger partial charge in [0.1, 0.15) is 0 Å². The number of nitrogens with zero attached hydrogens (tertiary/aromatic N) is 2. The lowest BCUT2D eigenvalue weighted by atomic mass is 10.2. The molecule has 1 N–H and O–H groups in total. The zero-order valence-corrected chi connectivity index (χ0v) is 15.3. The summed E-state index contributed by atoms with van der Waals surface area (Å²) in [6.07, 6.45) is 0. The summed E-state index contributed by atoms with van der Waals surface area (Å²) in [5.41, 5.74) is 1.83. The molecule has 0 spiro atoms.